The van der Waals surface area contributed by atoms with Gasteiger partial charge >= 0.3 is 0 Å². The van der Waals surface area contributed by atoms with Gasteiger partial charge in [-0.25, -0.2) is 0 Å². The van der Waals surface area contributed by atoms with E-state index >= 15 is 0 Å². The number of nitrogens with one attached hydrogen (secondary N) is 1. The molecule has 2 aromatic rings. The maximum absolute atomic E-state index is 13.1. The first kappa shape index (κ1) is 24.2. The number of benzene rings is 2. The first-order valence-corrected chi connectivity index (χ1v) is 10.8. The van der Waals surface area contributed by atoms with Gasteiger partial charge in [-0.3, -0.25) is 9.59 Å². The van der Waals surface area contributed by atoms with Crippen LogP contribution in [0.25, 0.3) is 0 Å². The quantitative estimate of drug-likeness (QED) is 0.512. The van der Waals surface area contributed by atoms with Gasteiger partial charge in [0.25, 0.3) is 0 Å². The molecule has 0 saturated heterocycles. The zero-order chi connectivity index (χ0) is 21.9. The third kappa shape index (κ3) is 7.98. The van der Waals surface area contributed by atoms with Gasteiger partial charge in [0.1, 0.15) is 6.04 Å². The maximum Gasteiger partial charge on any atom is 0.242 e. The summed E-state index contributed by atoms with van der Waals surface area (Å²) in [5.74, 6) is -0.325. The summed E-state index contributed by atoms with van der Waals surface area (Å²) in [7, 11) is 0. The molecule has 0 aliphatic carbocycles. The van der Waals surface area contributed by atoms with Crippen LogP contribution < -0.4 is 5.32 Å². The number of halogens is 2. The van der Waals surface area contributed by atoms with Gasteiger partial charge < -0.3 is 15.0 Å². The number of ether oxygens (including phenoxy) is 1. The highest BCUT2D eigenvalue weighted by atomic mass is 35.5. The third-order valence-corrected chi connectivity index (χ3v) is 5.17. The lowest BCUT2D eigenvalue weighted by Crippen LogP contribution is -2.48. The van der Waals surface area contributed by atoms with E-state index in [1.165, 1.54) is 0 Å². The van der Waals surface area contributed by atoms with E-state index in [0.717, 1.165) is 17.5 Å². The van der Waals surface area contributed by atoms with Gasteiger partial charge in [-0.2, -0.15) is 0 Å². The Morgan fingerprint density at radius 1 is 1.00 bits per heavy atom. The molecule has 0 aliphatic heterocycles. The lowest BCUT2D eigenvalue weighted by atomic mass is 10.1. The van der Waals surface area contributed by atoms with Crippen molar-refractivity contribution in [1.29, 1.82) is 0 Å². The highest BCUT2D eigenvalue weighted by Crippen LogP contribution is 2.16. The zero-order valence-corrected chi connectivity index (χ0v) is 18.9. The van der Waals surface area contributed by atoms with Gasteiger partial charge in [0.05, 0.1) is 6.42 Å². The normalized spacial score (nSPS) is 11.7. The average molecular weight is 451 g/mol. The summed E-state index contributed by atoms with van der Waals surface area (Å²) < 4.78 is 5.29. The Balaban J connectivity index is 2.08. The third-order valence-electron chi connectivity index (χ3n) is 4.67. The molecule has 0 bridgehead atoms. The van der Waals surface area contributed by atoms with Crippen LogP contribution >= 0.6 is 23.2 Å². The molecule has 162 valence electrons. The summed E-state index contributed by atoms with van der Waals surface area (Å²) in [4.78, 5) is 27.4. The minimum atomic E-state index is -0.618. The number of nitrogens with zero attached hydrogens (tertiary/aromatic N) is 1. The summed E-state index contributed by atoms with van der Waals surface area (Å²) in [6.07, 6.45) is 0.912. The van der Waals surface area contributed by atoms with Crippen molar-refractivity contribution in [2.24, 2.45) is 0 Å². The number of carbonyl (C=O) groups excluding carboxylic acids is 2. The lowest BCUT2D eigenvalue weighted by Gasteiger charge is -2.29. The van der Waals surface area contributed by atoms with Crippen LogP contribution in [0.15, 0.2) is 48.5 Å². The zero-order valence-electron chi connectivity index (χ0n) is 17.4. The van der Waals surface area contributed by atoms with Crippen LogP contribution in [0.4, 0.5) is 0 Å². The van der Waals surface area contributed by atoms with Crippen LogP contribution in [-0.4, -0.2) is 42.5 Å². The molecular weight excluding hydrogens is 423 g/mol. The van der Waals surface area contributed by atoms with Crippen LogP contribution in [-0.2, 0) is 27.3 Å². The van der Waals surface area contributed by atoms with E-state index in [1.54, 1.807) is 36.1 Å². The minimum absolute atomic E-state index is 0.135. The lowest BCUT2D eigenvalue weighted by molar-refractivity contribution is -0.140. The first-order valence-electron chi connectivity index (χ1n) is 10.0. The fourth-order valence-electron chi connectivity index (χ4n) is 2.93. The second-order valence-electron chi connectivity index (χ2n) is 6.97. The fraction of sp³-hybridized carbons (Fsp3) is 0.391. The molecule has 1 N–H and O–H groups in total. The van der Waals surface area contributed by atoms with E-state index in [0.29, 0.717) is 36.3 Å². The molecule has 0 saturated carbocycles. The molecule has 0 radical (unpaired) electrons. The largest absolute Gasteiger partial charge is 0.382 e. The predicted molar refractivity (Wildman–Crippen MR) is 121 cm³/mol. The van der Waals surface area contributed by atoms with Gasteiger partial charge in [-0.05, 0) is 55.7 Å². The minimum Gasteiger partial charge on any atom is -0.382 e. The topological polar surface area (TPSA) is 58.6 Å². The summed E-state index contributed by atoms with van der Waals surface area (Å²) >= 11 is 11.9. The van der Waals surface area contributed by atoms with Crippen molar-refractivity contribution in [2.45, 2.75) is 39.3 Å². The molecule has 30 heavy (non-hydrogen) atoms. The number of hydrogen-bond donors (Lipinski definition) is 1. The van der Waals surface area contributed by atoms with E-state index in [2.05, 4.69) is 5.32 Å². The van der Waals surface area contributed by atoms with E-state index in [1.807, 2.05) is 31.2 Å². The van der Waals surface area contributed by atoms with E-state index < -0.39 is 6.04 Å². The van der Waals surface area contributed by atoms with Crippen LogP contribution in [0.3, 0.4) is 0 Å². The van der Waals surface area contributed by atoms with Gasteiger partial charge in [-0.1, -0.05) is 47.5 Å². The van der Waals surface area contributed by atoms with Crippen LogP contribution in [0.2, 0.25) is 10.0 Å². The molecule has 0 spiro atoms. The molecule has 0 aliphatic rings. The smallest absolute Gasteiger partial charge is 0.242 e. The molecule has 2 amide bonds. The molecule has 5 nitrogen and oxygen atoms in total. The van der Waals surface area contributed by atoms with Crippen molar-refractivity contribution >= 4 is 35.0 Å². The summed E-state index contributed by atoms with van der Waals surface area (Å²) in [6.45, 7) is 5.74. The van der Waals surface area contributed by atoms with Crippen molar-refractivity contribution in [3.63, 3.8) is 0 Å². The number of carbonyl (C=O) groups is 2. The van der Waals surface area contributed by atoms with Crippen molar-refractivity contribution in [1.82, 2.24) is 10.2 Å². The van der Waals surface area contributed by atoms with Gasteiger partial charge in [0, 0.05) is 36.3 Å². The highest BCUT2D eigenvalue weighted by Gasteiger charge is 2.26. The van der Waals surface area contributed by atoms with Crippen molar-refractivity contribution in [2.75, 3.05) is 19.8 Å². The molecule has 7 heteroatoms. The van der Waals surface area contributed by atoms with Crippen molar-refractivity contribution < 1.29 is 14.3 Å². The van der Waals surface area contributed by atoms with Gasteiger partial charge in [0.15, 0.2) is 0 Å². The fourth-order valence-corrected chi connectivity index (χ4v) is 3.18. The molecule has 0 aromatic heterocycles. The Morgan fingerprint density at radius 2 is 1.57 bits per heavy atom. The molecule has 1 unspecified atom stereocenters. The summed E-state index contributed by atoms with van der Waals surface area (Å²) in [5.41, 5.74) is 1.75. The van der Waals surface area contributed by atoms with Crippen molar-refractivity contribution in [3.05, 3.63) is 69.7 Å². The second-order valence-corrected chi connectivity index (χ2v) is 7.84. The van der Waals surface area contributed by atoms with E-state index in [-0.39, 0.29) is 18.2 Å². The first-order chi connectivity index (χ1) is 14.4. The van der Waals surface area contributed by atoms with Crippen LogP contribution in [0, 0.1) is 0 Å². The number of amides is 2. The SMILES string of the molecule is CCOCCCNC(=O)C(C)N(Cc1ccc(Cl)cc1)C(=O)Cc1ccc(Cl)cc1. The molecule has 0 heterocycles. The van der Waals surface area contributed by atoms with Gasteiger partial charge in [-0.15, -0.1) is 0 Å². The molecule has 1 atom stereocenters. The number of hydrogen-bond acceptors (Lipinski definition) is 3. The Kier molecular flexibility index (Phi) is 10.1. The van der Waals surface area contributed by atoms with Gasteiger partial charge in [0.2, 0.25) is 11.8 Å². The second kappa shape index (κ2) is 12.6. The van der Waals surface area contributed by atoms with E-state index in [9.17, 15) is 9.59 Å². The molecular formula is C23H28Cl2N2O3. The molecule has 0 fully saturated rings. The van der Waals surface area contributed by atoms with E-state index in [4.69, 9.17) is 27.9 Å². The Hall–Kier alpha value is -2.08. The number of rotatable bonds is 11. The average Bonchev–Trinajstić information content (AvgIpc) is 2.74. The van der Waals surface area contributed by atoms with Crippen LogP contribution in [0.1, 0.15) is 31.4 Å². The molecule has 2 aromatic carbocycles. The summed E-state index contributed by atoms with van der Waals surface area (Å²) in [5, 5.41) is 4.13. The molecule has 2 rings (SSSR count). The van der Waals surface area contributed by atoms with Crippen LogP contribution in [0.5, 0.6) is 0 Å². The highest BCUT2D eigenvalue weighted by molar-refractivity contribution is 6.30. The monoisotopic (exact) mass is 450 g/mol. The Labute approximate surface area is 188 Å². The Morgan fingerprint density at radius 3 is 2.13 bits per heavy atom. The Bertz CT molecular complexity index is 810. The summed E-state index contributed by atoms with van der Waals surface area (Å²) in [6, 6.07) is 13.8. The standard InChI is InChI=1S/C23H28Cl2N2O3/c1-3-30-14-4-13-26-23(29)17(2)27(16-19-7-11-21(25)12-8-19)22(28)15-18-5-9-20(24)10-6-18/h5-12,17H,3-4,13-16H2,1-2H3,(H,26,29). The maximum atomic E-state index is 13.1. The van der Waals surface area contributed by atoms with Crippen molar-refractivity contribution in [3.8, 4) is 0 Å². The predicted octanol–water partition coefficient (Wildman–Crippen LogP) is 4.50.